The first-order valence-electron chi connectivity index (χ1n) is 13.7. The number of hydrogen-bond donors (Lipinski definition) is 0. The third-order valence-corrected chi connectivity index (χ3v) is 8.55. The van der Waals surface area contributed by atoms with Gasteiger partial charge in [-0.1, -0.05) is 61.5 Å². The van der Waals surface area contributed by atoms with E-state index in [9.17, 15) is 4.79 Å². The Balaban J connectivity index is 1.15. The van der Waals surface area contributed by atoms with Crippen molar-refractivity contribution in [1.29, 1.82) is 0 Å². The first-order chi connectivity index (χ1) is 17.2. The Kier molecular flexibility index (Phi) is 8.31. The number of likely N-dealkylation sites (tertiary alicyclic amines) is 2. The smallest absolute Gasteiger partial charge is 0.226 e. The number of halogens is 1. The van der Waals surface area contributed by atoms with Crippen LogP contribution >= 0.6 is 11.6 Å². The molecule has 0 N–H and O–H groups in total. The number of piperidine rings is 1. The molecule has 0 aromatic heterocycles. The molecule has 35 heavy (non-hydrogen) atoms. The van der Waals surface area contributed by atoms with Crippen LogP contribution in [-0.4, -0.2) is 54.5 Å². The standard InChI is InChI=1S/C30H39ClN2O2/c31-29-22-24(23-11-13-28(14-12-23)35-20-19-32-16-5-2-6-17-32)9-10-25(29)21-26-15-18-33(30(26)34)27-7-3-1-4-8-27/h9-14,22,26-27H,1-8,15-21H2. The summed E-state index contributed by atoms with van der Waals surface area (Å²) in [5, 5.41) is 0.758. The molecule has 5 heteroatoms. The molecule has 5 rings (SSSR count). The van der Waals surface area contributed by atoms with Crippen molar-refractivity contribution in [3.63, 3.8) is 0 Å². The molecular formula is C30H39ClN2O2. The fourth-order valence-corrected chi connectivity index (χ4v) is 6.34. The Labute approximate surface area is 215 Å². The number of rotatable bonds is 8. The maximum Gasteiger partial charge on any atom is 0.226 e. The lowest BCUT2D eigenvalue weighted by molar-refractivity contribution is -0.133. The van der Waals surface area contributed by atoms with E-state index in [1.165, 1.54) is 64.5 Å². The highest BCUT2D eigenvalue weighted by molar-refractivity contribution is 6.31. The van der Waals surface area contributed by atoms with Gasteiger partial charge in [-0.3, -0.25) is 9.69 Å². The molecule has 2 aromatic carbocycles. The lowest BCUT2D eigenvalue weighted by Gasteiger charge is -2.31. The Morgan fingerprint density at radius 3 is 2.29 bits per heavy atom. The van der Waals surface area contributed by atoms with Crippen LogP contribution in [0.3, 0.4) is 0 Å². The number of amides is 1. The number of ether oxygens (including phenoxy) is 1. The van der Waals surface area contributed by atoms with E-state index in [0.717, 1.165) is 60.0 Å². The van der Waals surface area contributed by atoms with Crippen LogP contribution in [0.15, 0.2) is 42.5 Å². The summed E-state index contributed by atoms with van der Waals surface area (Å²) >= 11 is 6.71. The van der Waals surface area contributed by atoms with Gasteiger partial charge in [0.1, 0.15) is 12.4 Å². The minimum atomic E-state index is 0.0710. The summed E-state index contributed by atoms with van der Waals surface area (Å²) in [6, 6.07) is 15.0. The summed E-state index contributed by atoms with van der Waals surface area (Å²) in [6.07, 6.45) is 11.9. The summed E-state index contributed by atoms with van der Waals surface area (Å²) < 4.78 is 5.98. The van der Waals surface area contributed by atoms with Crippen molar-refractivity contribution in [2.45, 2.75) is 70.3 Å². The van der Waals surface area contributed by atoms with Crippen LogP contribution in [-0.2, 0) is 11.2 Å². The summed E-state index contributed by atoms with van der Waals surface area (Å²) in [5.41, 5.74) is 3.30. The van der Waals surface area contributed by atoms with E-state index in [0.29, 0.717) is 11.9 Å². The zero-order valence-corrected chi connectivity index (χ0v) is 21.6. The predicted molar refractivity (Wildman–Crippen MR) is 143 cm³/mol. The van der Waals surface area contributed by atoms with E-state index in [1.54, 1.807) is 0 Å². The molecular weight excluding hydrogens is 456 g/mol. The number of hydrogen-bond acceptors (Lipinski definition) is 3. The van der Waals surface area contributed by atoms with Gasteiger partial charge in [0.05, 0.1) is 0 Å². The van der Waals surface area contributed by atoms with Crippen LogP contribution in [0.1, 0.15) is 63.4 Å². The van der Waals surface area contributed by atoms with Crippen LogP contribution < -0.4 is 4.74 Å². The fourth-order valence-electron chi connectivity index (χ4n) is 6.08. The van der Waals surface area contributed by atoms with Crippen molar-refractivity contribution in [3.8, 4) is 16.9 Å². The van der Waals surface area contributed by atoms with Gasteiger partial charge in [-0.05, 0) is 86.5 Å². The van der Waals surface area contributed by atoms with Gasteiger partial charge >= 0.3 is 0 Å². The van der Waals surface area contributed by atoms with Gasteiger partial charge < -0.3 is 9.64 Å². The van der Waals surface area contributed by atoms with Crippen molar-refractivity contribution in [1.82, 2.24) is 9.80 Å². The summed E-state index contributed by atoms with van der Waals surface area (Å²) in [5.74, 6) is 1.32. The monoisotopic (exact) mass is 494 g/mol. The second-order valence-electron chi connectivity index (χ2n) is 10.6. The lowest BCUT2D eigenvalue weighted by atomic mass is 9.93. The minimum absolute atomic E-state index is 0.0710. The largest absolute Gasteiger partial charge is 0.492 e. The fraction of sp³-hybridized carbons (Fsp3) is 0.567. The normalized spacial score (nSPS) is 22.0. The van der Waals surface area contributed by atoms with Crippen LogP contribution in [0.25, 0.3) is 11.1 Å². The highest BCUT2D eigenvalue weighted by Crippen LogP contribution is 2.33. The molecule has 1 saturated carbocycles. The first-order valence-corrected chi connectivity index (χ1v) is 14.1. The van der Waals surface area contributed by atoms with Crippen LogP contribution in [0.2, 0.25) is 5.02 Å². The number of nitrogens with zero attached hydrogens (tertiary/aromatic N) is 2. The highest BCUT2D eigenvalue weighted by Gasteiger charge is 2.36. The van der Waals surface area contributed by atoms with Gasteiger partial charge in [0.25, 0.3) is 0 Å². The Hall–Kier alpha value is -2.04. The van der Waals surface area contributed by atoms with Crippen molar-refractivity contribution < 1.29 is 9.53 Å². The molecule has 3 aliphatic rings. The number of carbonyl (C=O) groups excluding carboxylic acids is 1. The average Bonchev–Trinajstić information content (AvgIpc) is 3.26. The van der Waals surface area contributed by atoms with E-state index in [1.807, 2.05) is 18.2 Å². The molecule has 2 aromatic rings. The molecule has 1 unspecified atom stereocenters. The molecule has 3 fully saturated rings. The van der Waals surface area contributed by atoms with Gasteiger partial charge in [-0.25, -0.2) is 0 Å². The molecule has 2 saturated heterocycles. The molecule has 0 spiro atoms. The quantitative estimate of drug-likeness (QED) is 0.414. The highest BCUT2D eigenvalue weighted by atomic mass is 35.5. The van der Waals surface area contributed by atoms with Crippen LogP contribution in [0, 0.1) is 5.92 Å². The zero-order valence-electron chi connectivity index (χ0n) is 20.9. The molecule has 0 bridgehead atoms. The van der Waals surface area contributed by atoms with Gasteiger partial charge in [-0.2, -0.15) is 0 Å². The van der Waals surface area contributed by atoms with Gasteiger partial charge in [0.2, 0.25) is 5.91 Å². The van der Waals surface area contributed by atoms with E-state index in [4.69, 9.17) is 16.3 Å². The van der Waals surface area contributed by atoms with Crippen molar-refractivity contribution in [2.24, 2.45) is 5.92 Å². The van der Waals surface area contributed by atoms with Crippen LogP contribution in [0.4, 0.5) is 0 Å². The molecule has 1 aliphatic carbocycles. The molecule has 4 nitrogen and oxygen atoms in total. The molecule has 2 aliphatic heterocycles. The summed E-state index contributed by atoms with van der Waals surface area (Å²) in [4.78, 5) is 17.7. The van der Waals surface area contributed by atoms with Crippen molar-refractivity contribution >= 4 is 17.5 Å². The minimum Gasteiger partial charge on any atom is -0.492 e. The maximum atomic E-state index is 13.1. The van der Waals surface area contributed by atoms with Gasteiger partial charge in [0.15, 0.2) is 0 Å². The second kappa shape index (κ2) is 11.8. The Bertz CT molecular complexity index is 980. The third-order valence-electron chi connectivity index (χ3n) is 8.20. The van der Waals surface area contributed by atoms with E-state index in [2.05, 4.69) is 34.1 Å². The topological polar surface area (TPSA) is 32.8 Å². The average molecular weight is 495 g/mol. The first kappa shape index (κ1) is 24.6. The Morgan fingerprint density at radius 2 is 1.54 bits per heavy atom. The van der Waals surface area contributed by atoms with Crippen LogP contribution in [0.5, 0.6) is 5.75 Å². The maximum absolute atomic E-state index is 13.1. The van der Waals surface area contributed by atoms with Gasteiger partial charge in [0, 0.05) is 30.1 Å². The summed E-state index contributed by atoms with van der Waals surface area (Å²) in [7, 11) is 0. The predicted octanol–water partition coefficient (Wildman–Crippen LogP) is 6.60. The molecule has 2 heterocycles. The number of carbonyl (C=O) groups is 1. The molecule has 1 amide bonds. The zero-order chi connectivity index (χ0) is 24.0. The van der Waals surface area contributed by atoms with Crippen molar-refractivity contribution in [3.05, 3.63) is 53.1 Å². The van der Waals surface area contributed by atoms with E-state index < -0.39 is 0 Å². The van der Waals surface area contributed by atoms with E-state index in [-0.39, 0.29) is 5.92 Å². The lowest BCUT2D eigenvalue weighted by Crippen LogP contribution is -2.39. The molecule has 1 atom stereocenters. The third kappa shape index (κ3) is 6.21. The molecule has 0 radical (unpaired) electrons. The SMILES string of the molecule is O=C1C(Cc2ccc(-c3ccc(OCCN4CCCCC4)cc3)cc2Cl)CCN1C1CCCCC1. The van der Waals surface area contributed by atoms with E-state index >= 15 is 0 Å². The van der Waals surface area contributed by atoms with Crippen molar-refractivity contribution in [2.75, 3.05) is 32.8 Å². The van der Waals surface area contributed by atoms with Gasteiger partial charge in [-0.15, -0.1) is 0 Å². The number of benzene rings is 2. The summed E-state index contributed by atoms with van der Waals surface area (Å²) in [6.45, 7) is 5.05. The Morgan fingerprint density at radius 1 is 0.829 bits per heavy atom. The second-order valence-corrected chi connectivity index (χ2v) is 11.0. The molecule has 188 valence electrons.